The first kappa shape index (κ1) is 18.4. The number of carbonyl (C=O) groups excluding carboxylic acids is 1. The summed E-state index contributed by atoms with van der Waals surface area (Å²) in [6.45, 7) is 0. The Morgan fingerprint density at radius 1 is 1.12 bits per heavy atom. The van der Waals surface area contributed by atoms with Crippen molar-refractivity contribution < 1.29 is 26.7 Å². The van der Waals surface area contributed by atoms with Crippen molar-refractivity contribution in [1.29, 1.82) is 0 Å². The highest BCUT2D eigenvalue weighted by atomic mass is 32.2. The van der Waals surface area contributed by atoms with Crippen molar-refractivity contribution in [2.24, 2.45) is 4.99 Å². The Bertz CT molecular complexity index is 864. The molecule has 26 heavy (non-hydrogen) atoms. The molecule has 1 aliphatic heterocycles. The molecule has 0 bridgehead atoms. The number of aliphatic imine (C=N–C) groups is 1. The number of halogens is 5. The maximum absolute atomic E-state index is 13.3. The fraction of sp³-hybridized carbons (Fsp3) is 0.176. The van der Waals surface area contributed by atoms with Gasteiger partial charge in [0.05, 0.1) is 10.6 Å². The molecule has 0 radical (unpaired) electrons. The number of thioether (sulfide) groups is 1. The van der Waals surface area contributed by atoms with Gasteiger partial charge in [-0.2, -0.15) is 13.2 Å². The molecule has 0 saturated carbocycles. The van der Waals surface area contributed by atoms with Gasteiger partial charge in [-0.3, -0.25) is 9.79 Å². The number of nitrogens with zero attached hydrogens (tertiary/aromatic N) is 1. The second kappa shape index (κ2) is 7.06. The third-order valence-electron chi connectivity index (χ3n) is 3.58. The van der Waals surface area contributed by atoms with Crippen LogP contribution in [0.4, 0.5) is 27.6 Å². The lowest BCUT2D eigenvalue weighted by atomic mass is 10.1. The average Bonchev–Trinajstić information content (AvgIpc) is 3.06. The molecule has 0 saturated heterocycles. The summed E-state index contributed by atoms with van der Waals surface area (Å²) < 4.78 is 64.4. The first-order chi connectivity index (χ1) is 12.2. The van der Waals surface area contributed by atoms with Gasteiger partial charge in [0, 0.05) is 17.0 Å². The minimum absolute atomic E-state index is 0.167. The largest absolute Gasteiger partial charge is 0.419 e. The van der Waals surface area contributed by atoms with Crippen LogP contribution in [-0.4, -0.2) is 22.7 Å². The van der Waals surface area contributed by atoms with E-state index in [1.54, 1.807) is 0 Å². The smallest absolute Gasteiger partial charge is 0.324 e. The van der Waals surface area contributed by atoms with E-state index in [4.69, 9.17) is 0 Å². The molecule has 0 aliphatic carbocycles. The number of alkyl halides is 3. The van der Waals surface area contributed by atoms with Gasteiger partial charge in [-0.15, -0.1) is 11.8 Å². The molecule has 9 heteroatoms. The second-order valence-electron chi connectivity index (χ2n) is 5.45. The molecule has 3 rings (SSSR count). The van der Waals surface area contributed by atoms with E-state index in [-0.39, 0.29) is 5.69 Å². The van der Waals surface area contributed by atoms with Gasteiger partial charge in [0.1, 0.15) is 17.7 Å². The Hall–Kier alpha value is -2.42. The summed E-state index contributed by atoms with van der Waals surface area (Å²) in [5, 5.41) is 2.86. The molecule has 1 atom stereocenters. The summed E-state index contributed by atoms with van der Waals surface area (Å²) >= 11 is 1.28. The van der Waals surface area contributed by atoms with Crippen LogP contribution < -0.4 is 5.32 Å². The van der Waals surface area contributed by atoms with Gasteiger partial charge in [-0.05, 0) is 42.5 Å². The third-order valence-corrected chi connectivity index (χ3v) is 4.68. The molecule has 2 aromatic carbocycles. The van der Waals surface area contributed by atoms with E-state index >= 15 is 0 Å². The van der Waals surface area contributed by atoms with Crippen molar-refractivity contribution in [1.82, 2.24) is 0 Å². The van der Waals surface area contributed by atoms with Crippen LogP contribution in [0.1, 0.15) is 11.1 Å². The molecule has 0 fully saturated rings. The van der Waals surface area contributed by atoms with Gasteiger partial charge >= 0.3 is 6.18 Å². The SMILES string of the molecule is O=C(Nc1ccc(F)c(C(F)(F)F)c1)C1CSC(c2ccc(F)cc2)=N1. The van der Waals surface area contributed by atoms with Crippen molar-refractivity contribution in [3.63, 3.8) is 0 Å². The molecule has 1 unspecified atom stereocenters. The number of hydrogen-bond donors (Lipinski definition) is 1. The Kier molecular flexibility index (Phi) is 4.99. The molecule has 0 aromatic heterocycles. The zero-order valence-electron chi connectivity index (χ0n) is 13.0. The molecule has 136 valence electrons. The van der Waals surface area contributed by atoms with Gasteiger partial charge in [0.25, 0.3) is 0 Å². The Balaban J connectivity index is 1.74. The number of carbonyl (C=O) groups is 1. The topological polar surface area (TPSA) is 41.5 Å². The lowest BCUT2D eigenvalue weighted by Crippen LogP contribution is -2.26. The van der Waals surface area contributed by atoms with E-state index < -0.39 is 35.3 Å². The zero-order valence-corrected chi connectivity index (χ0v) is 13.8. The lowest BCUT2D eigenvalue weighted by Gasteiger charge is -2.12. The number of nitrogens with one attached hydrogen (secondary N) is 1. The third kappa shape index (κ3) is 4.04. The summed E-state index contributed by atoms with van der Waals surface area (Å²) in [4.78, 5) is 16.4. The highest BCUT2D eigenvalue weighted by Gasteiger charge is 2.34. The minimum Gasteiger partial charge on any atom is -0.324 e. The predicted molar refractivity (Wildman–Crippen MR) is 89.2 cm³/mol. The monoisotopic (exact) mass is 386 g/mol. The summed E-state index contributed by atoms with van der Waals surface area (Å²) in [7, 11) is 0. The molecule has 2 aromatic rings. The van der Waals surface area contributed by atoms with Crippen LogP contribution >= 0.6 is 11.8 Å². The summed E-state index contributed by atoms with van der Waals surface area (Å²) in [6.07, 6.45) is -4.86. The molecular weight excluding hydrogens is 375 g/mol. The first-order valence-corrected chi connectivity index (χ1v) is 8.37. The van der Waals surface area contributed by atoms with Crippen LogP contribution in [0.5, 0.6) is 0 Å². The number of rotatable bonds is 3. The van der Waals surface area contributed by atoms with Crippen LogP contribution in [-0.2, 0) is 11.0 Å². The molecule has 3 nitrogen and oxygen atoms in total. The highest BCUT2D eigenvalue weighted by Crippen LogP contribution is 2.33. The van der Waals surface area contributed by atoms with Gasteiger partial charge in [0.2, 0.25) is 5.91 Å². The predicted octanol–water partition coefficient (Wildman–Crippen LogP) is 4.48. The van der Waals surface area contributed by atoms with Gasteiger partial charge in [0.15, 0.2) is 0 Å². The van der Waals surface area contributed by atoms with E-state index in [1.807, 2.05) is 0 Å². The average molecular weight is 386 g/mol. The Labute approximate surface area is 149 Å². The van der Waals surface area contributed by atoms with Crippen molar-refractivity contribution in [3.05, 3.63) is 65.2 Å². The highest BCUT2D eigenvalue weighted by molar-refractivity contribution is 8.14. The standard InChI is InChI=1S/C17H11F5N2OS/c18-10-3-1-9(2-4-10)16-24-14(8-26-16)15(25)23-11-5-6-13(19)12(7-11)17(20,21)22/h1-7,14H,8H2,(H,23,25). The lowest BCUT2D eigenvalue weighted by molar-refractivity contribution is -0.140. The normalized spacial score (nSPS) is 17.1. The maximum Gasteiger partial charge on any atom is 0.419 e. The van der Waals surface area contributed by atoms with E-state index in [9.17, 15) is 26.7 Å². The van der Waals surface area contributed by atoms with Crippen molar-refractivity contribution in [2.75, 3.05) is 11.1 Å². The van der Waals surface area contributed by atoms with Crippen LogP contribution in [0, 0.1) is 11.6 Å². The molecule has 0 spiro atoms. The van der Waals surface area contributed by atoms with E-state index in [0.29, 0.717) is 28.5 Å². The van der Waals surface area contributed by atoms with E-state index in [0.717, 1.165) is 6.07 Å². The van der Waals surface area contributed by atoms with Crippen molar-refractivity contribution in [2.45, 2.75) is 12.2 Å². The first-order valence-electron chi connectivity index (χ1n) is 7.38. The van der Waals surface area contributed by atoms with Crippen LogP contribution in [0.15, 0.2) is 47.5 Å². The zero-order chi connectivity index (χ0) is 18.9. The maximum atomic E-state index is 13.3. The van der Waals surface area contributed by atoms with Crippen molar-refractivity contribution in [3.8, 4) is 0 Å². The van der Waals surface area contributed by atoms with Gasteiger partial charge in [-0.25, -0.2) is 8.78 Å². The molecule has 1 N–H and O–H groups in total. The van der Waals surface area contributed by atoms with E-state index in [1.165, 1.54) is 36.0 Å². The Morgan fingerprint density at radius 3 is 2.46 bits per heavy atom. The van der Waals surface area contributed by atoms with Crippen LogP contribution in [0.25, 0.3) is 0 Å². The Morgan fingerprint density at radius 2 is 1.81 bits per heavy atom. The summed E-state index contributed by atoms with van der Waals surface area (Å²) in [5.41, 5.74) is -0.974. The molecule has 1 amide bonds. The number of anilines is 1. The quantitative estimate of drug-likeness (QED) is 0.790. The minimum atomic E-state index is -4.86. The van der Waals surface area contributed by atoms with Crippen LogP contribution in [0.2, 0.25) is 0 Å². The number of hydrogen-bond acceptors (Lipinski definition) is 3. The van der Waals surface area contributed by atoms with Gasteiger partial charge in [-0.1, -0.05) is 0 Å². The fourth-order valence-corrected chi connectivity index (χ4v) is 3.35. The van der Waals surface area contributed by atoms with Crippen molar-refractivity contribution >= 4 is 28.4 Å². The second-order valence-corrected chi connectivity index (χ2v) is 6.46. The fourth-order valence-electron chi connectivity index (χ4n) is 2.30. The van der Waals surface area contributed by atoms with Gasteiger partial charge < -0.3 is 5.32 Å². The number of amides is 1. The summed E-state index contributed by atoms with van der Waals surface area (Å²) in [6, 6.07) is 7.02. The molecule has 1 heterocycles. The number of benzene rings is 2. The molecule has 1 aliphatic rings. The summed E-state index contributed by atoms with van der Waals surface area (Å²) in [5.74, 6) is -2.12. The van der Waals surface area contributed by atoms with E-state index in [2.05, 4.69) is 10.3 Å². The molecular formula is C17H11F5N2OS. The van der Waals surface area contributed by atoms with Crippen LogP contribution in [0.3, 0.4) is 0 Å².